The molecule has 192 valence electrons. The maximum Gasteiger partial charge on any atom is 0.412 e. The summed E-state index contributed by atoms with van der Waals surface area (Å²) < 4.78 is 15.7. The monoisotopic (exact) mass is 544 g/mol. The zero-order valence-corrected chi connectivity index (χ0v) is 23.0. The number of ketones is 1. The molecule has 3 N–H and O–H groups in total. The molecule has 0 aliphatic heterocycles. The maximum absolute atomic E-state index is 12.5. The second-order valence-corrected chi connectivity index (χ2v) is 11.3. The zero-order valence-electron chi connectivity index (χ0n) is 21.5. The number of ether oxygens (including phenoxy) is 3. The van der Waals surface area contributed by atoms with Crippen LogP contribution in [0.4, 0.5) is 15.3 Å². The molecule has 0 aliphatic rings. The first kappa shape index (κ1) is 31.4. The van der Waals surface area contributed by atoms with Crippen LogP contribution < -0.4 is 11.1 Å². The smallest absolute Gasteiger partial charge is 0.412 e. The van der Waals surface area contributed by atoms with Gasteiger partial charge in [-0.05, 0) is 80.5 Å². The lowest BCUT2D eigenvalue weighted by Crippen LogP contribution is -2.27. The fraction of sp³-hybridized carbons (Fsp3) is 0.583. The van der Waals surface area contributed by atoms with Gasteiger partial charge in [-0.15, -0.1) is 0 Å². The van der Waals surface area contributed by atoms with Crippen molar-refractivity contribution >= 4 is 45.6 Å². The molecule has 0 bridgehead atoms. The predicted molar refractivity (Wildman–Crippen MR) is 134 cm³/mol. The Morgan fingerprint density at radius 3 is 1.74 bits per heavy atom. The van der Waals surface area contributed by atoms with Crippen LogP contribution in [-0.2, 0) is 19.0 Å². The minimum absolute atomic E-state index is 0.0195. The number of anilines is 1. The number of hydrogen-bond donors (Lipinski definition) is 2. The lowest BCUT2D eigenvalue weighted by molar-refractivity contribution is -0.154. The van der Waals surface area contributed by atoms with Gasteiger partial charge in [0.15, 0.2) is 5.78 Å². The van der Waals surface area contributed by atoms with E-state index in [0.717, 1.165) is 0 Å². The van der Waals surface area contributed by atoms with Crippen LogP contribution in [0.3, 0.4) is 0 Å². The minimum Gasteiger partial charge on any atom is -0.460 e. The number of Topliss-reactive ketones (excluding diaryl/α,β-unsaturated/α-hetero) is 1. The van der Waals surface area contributed by atoms with E-state index in [0.29, 0.717) is 15.7 Å². The number of carbonyl (C=O) groups excluding carboxylic acids is 4. The van der Waals surface area contributed by atoms with Gasteiger partial charge in [0, 0.05) is 16.5 Å². The summed E-state index contributed by atoms with van der Waals surface area (Å²) in [5, 5.41) is 2.58. The number of nitrogens with one attached hydrogen (secondary N) is 1. The molecule has 34 heavy (non-hydrogen) atoms. The summed E-state index contributed by atoms with van der Waals surface area (Å²) in [5.41, 5.74) is 3.64. The highest BCUT2D eigenvalue weighted by Gasteiger charge is 2.21. The van der Waals surface area contributed by atoms with Crippen LogP contribution in [0.2, 0.25) is 0 Å². The third-order valence-electron chi connectivity index (χ3n) is 3.30. The van der Waals surface area contributed by atoms with E-state index in [9.17, 15) is 19.2 Å². The van der Waals surface area contributed by atoms with Crippen molar-refractivity contribution in [3.8, 4) is 0 Å². The largest absolute Gasteiger partial charge is 0.460 e. The van der Waals surface area contributed by atoms with Gasteiger partial charge in [0.1, 0.15) is 16.8 Å². The molecule has 0 saturated heterocycles. The van der Waals surface area contributed by atoms with Crippen LogP contribution in [0.1, 0.15) is 85.5 Å². The number of nitrogens with two attached hydrogens (primary N) is 1. The highest BCUT2D eigenvalue weighted by atomic mass is 79.9. The molecule has 0 radical (unpaired) electrons. The molecule has 0 unspecified atom stereocenters. The molecule has 0 aliphatic carbocycles. The molecule has 0 atom stereocenters. The molecule has 2 amide bonds. The average molecular weight is 545 g/mol. The van der Waals surface area contributed by atoms with Gasteiger partial charge in [0.05, 0.1) is 12.1 Å². The molecule has 1 rings (SSSR count). The van der Waals surface area contributed by atoms with Gasteiger partial charge in [-0.2, -0.15) is 0 Å². The SMILES string of the molecule is CC(C)(C)OC(=O)CCC(=O)c1cc(Br)ccc1NC(=O)OC(C)(C)C.CC(C)(C)OC(N)=O. The van der Waals surface area contributed by atoms with E-state index in [1.54, 1.807) is 80.5 Å². The predicted octanol–water partition coefficient (Wildman–Crippen LogP) is 5.98. The Morgan fingerprint density at radius 1 is 0.824 bits per heavy atom. The molecule has 9 nitrogen and oxygen atoms in total. The molecule has 0 heterocycles. The summed E-state index contributed by atoms with van der Waals surface area (Å²) >= 11 is 3.31. The quantitative estimate of drug-likeness (QED) is 0.264. The summed E-state index contributed by atoms with van der Waals surface area (Å²) in [5.74, 6) is -0.717. The molecular weight excluding hydrogens is 508 g/mol. The highest BCUT2D eigenvalue weighted by molar-refractivity contribution is 9.10. The minimum atomic E-state index is -0.725. The van der Waals surface area contributed by atoms with E-state index in [4.69, 9.17) is 15.2 Å². The second kappa shape index (κ2) is 12.7. The Labute approximate surface area is 210 Å². The van der Waals surface area contributed by atoms with Crippen molar-refractivity contribution < 1.29 is 33.4 Å². The lowest BCUT2D eigenvalue weighted by Gasteiger charge is -2.20. The molecule has 0 fully saturated rings. The number of benzene rings is 1. The average Bonchev–Trinajstić information content (AvgIpc) is 2.56. The molecule has 0 spiro atoms. The molecule has 1 aromatic rings. The Balaban J connectivity index is 0.00000116. The second-order valence-electron chi connectivity index (χ2n) is 10.4. The Hall–Kier alpha value is -2.62. The van der Waals surface area contributed by atoms with Crippen LogP contribution >= 0.6 is 15.9 Å². The number of amides is 2. The topological polar surface area (TPSA) is 134 Å². The number of rotatable bonds is 5. The number of primary amides is 1. The third kappa shape index (κ3) is 16.1. The van der Waals surface area contributed by atoms with E-state index in [-0.39, 0.29) is 18.6 Å². The molecule has 0 aromatic heterocycles. The standard InChI is InChI=1S/C19H26BrNO5.C5H11NO2/c1-18(2,3)25-16(23)10-9-15(22)13-11-12(20)7-8-14(13)21-17(24)26-19(4,5)6;1-5(2,3)8-4(6)7/h7-8,11H,9-10H2,1-6H3,(H,21,24);1-3H3,(H2,6,7). The van der Waals surface area contributed by atoms with Crippen LogP contribution in [0.25, 0.3) is 0 Å². The summed E-state index contributed by atoms with van der Waals surface area (Å²) in [6.07, 6.45) is -1.43. The van der Waals surface area contributed by atoms with Crippen molar-refractivity contribution in [1.29, 1.82) is 0 Å². The van der Waals surface area contributed by atoms with Gasteiger partial charge < -0.3 is 19.9 Å². The summed E-state index contributed by atoms with van der Waals surface area (Å²) in [4.78, 5) is 46.3. The van der Waals surface area contributed by atoms with Crippen molar-refractivity contribution in [3.05, 3.63) is 28.2 Å². The van der Waals surface area contributed by atoms with Crippen LogP contribution in [0.5, 0.6) is 0 Å². The van der Waals surface area contributed by atoms with Gasteiger partial charge in [-0.1, -0.05) is 15.9 Å². The van der Waals surface area contributed by atoms with Crippen molar-refractivity contribution in [2.24, 2.45) is 5.73 Å². The van der Waals surface area contributed by atoms with Gasteiger partial charge in [-0.25, -0.2) is 9.59 Å². The van der Waals surface area contributed by atoms with Crippen LogP contribution in [-0.4, -0.2) is 40.7 Å². The summed E-state index contributed by atoms with van der Waals surface area (Å²) in [6, 6.07) is 4.91. The number of hydrogen-bond acceptors (Lipinski definition) is 7. The Morgan fingerprint density at radius 2 is 1.32 bits per heavy atom. The number of esters is 1. The first-order chi connectivity index (χ1) is 15.2. The molecular formula is C24H37BrN2O7. The third-order valence-corrected chi connectivity index (χ3v) is 3.79. The normalized spacial score (nSPS) is 11.5. The van der Waals surface area contributed by atoms with Crippen molar-refractivity contribution in [3.63, 3.8) is 0 Å². The van der Waals surface area contributed by atoms with Gasteiger partial charge in [-0.3, -0.25) is 14.9 Å². The maximum atomic E-state index is 12.5. The fourth-order valence-electron chi connectivity index (χ4n) is 2.31. The lowest BCUT2D eigenvalue weighted by atomic mass is 10.0. The Kier molecular flexibility index (Phi) is 11.8. The van der Waals surface area contributed by atoms with Crippen LogP contribution in [0.15, 0.2) is 22.7 Å². The highest BCUT2D eigenvalue weighted by Crippen LogP contribution is 2.24. The van der Waals surface area contributed by atoms with Crippen LogP contribution in [0, 0.1) is 0 Å². The Bertz CT molecular complexity index is 879. The van der Waals surface area contributed by atoms with E-state index in [2.05, 4.69) is 26.0 Å². The molecule has 0 saturated carbocycles. The van der Waals surface area contributed by atoms with Crippen molar-refractivity contribution in [2.45, 2.75) is 92.0 Å². The molecule has 10 heteroatoms. The summed E-state index contributed by atoms with van der Waals surface area (Å²) in [7, 11) is 0. The van der Waals surface area contributed by atoms with Crippen molar-refractivity contribution in [1.82, 2.24) is 0 Å². The summed E-state index contributed by atoms with van der Waals surface area (Å²) in [6.45, 7) is 15.8. The fourth-order valence-corrected chi connectivity index (χ4v) is 2.68. The van der Waals surface area contributed by atoms with Gasteiger partial charge in [0.25, 0.3) is 0 Å². The molecule has 1 aromatic carbocycles. The first-order valence-electron chi connectivity index (χ1n) is 10.7. The van der Waals surface area contributed by atoms with Gasteiger partial charge in [0.2, 0.25) is 0 Å². The zero-order chi connectivity index (χ0) is 26.9. The van der Waals surface area contributed by atoms with Crippen molar-refractivity contribution in [2.75, 3.05) is 5.32 Å². The first-order valence-corrected chi connectivity index (χ1v) is 11.5. The van der Waals surface area contributed by atoms with E-state index < -0.39 is 35.0 Å². The van der Waals surface area contributed by atoms with E-state index >= 15 is 0 Å². The van der Waals surface area contributed by atoms with E-state index in [1.165, 1.54) is 0 Å². The number of halogens is 1. The van der Waals surface area contributed by atoms with Gasteiger partial charge >= 0.3 is 18.2 Å². The number of carbonyl (C=O) groups is 4. The van der Waals surface area contributed by atoms with E-state index in [1.807, 2.05) is 0 Å².